The van der Waals surface area contributed by atoms with Gasteiger partial charge in [0.15, 0.2) is 0 Å². The minimum absolute atomic E-state index is 0.0238. The summed E-state index contributed by atoms with van der Waals surface area (Å²) >= 11 is 0. The molecule has 3 aromatic rings. The molecule has 4 rings (SSSR count). The first-order valence-electron chi connectivity index (χ1n) is 8.33. The van der Waals surface area contributed by atoms with Crippen LogP contribution < -0.4 is 4.74 Å². The van der Waals surface area contributed by atoms with Gasteiger partial charge in [-0.2, -0.15) is 0 Å². The second kappa shape index (κ2) is 6.14. The van der Waals surface area contributed by atoms with E-state index >= 15 is 0 Å². The lowest BCUT2D eigenvalue weighted by Gasteiger charge is -2.16. The third kappa shape index (κ3) is 2.40. The van der Waals surface area contributed by atoms with Gasteiger partial charge in [-0.25, -0.2) is 0 Å². The van der Waals surface area contributed by atoms with Crippen LogP contribution in [0, 0.1) is 6.92 Å². The van der Waals surface area contributed by atoms with E-state index in [2.05, 4.69) is 61.5 Å². The molecule has 0 spiro atoms. The molecule has 0 atom stereocenters. The van der Waals surface area contributed by atoms with E-state index in [4.69, 9.17) is 9.84 Å². The quantitative estimate of drug-likeness (QED) is 0.596. The minimum atomic E-state index is 0.0238. The second-order valence-electron chi connectivity index (χ2n) is 6.19. The van der Waals surface area contributed by atoms with Crippen LogP contribution in [0.25, 0.3) is 22.3 Å². The van der Waals surface area contributed by atoms with Gasteiger partial charge < -0.3 is 9.84 Å². The van der Waals surface area contributed by atoms with Gasteiger partial charge in [0.1, 0.15) is 12.4 Å². The Morgan fingerprint density at radius 2 is 1.62 bits per heavy atom. The number of rotatable bonds is 4. The summed E-state index contributed by atoms with van der Waals surface area (Å²) in [6, 6.07) is 21.2. The highest BCUT2D eigenvalue weighted by atomic mass is 16.5. The normalized spacial score (nSPS) is 11.9. The van der Waals surface area contributed by atoms with Crippen molar-refractivity contribution in [3.63, 3.8) is 0 Å². The van der Waals surface area contributed by atoms with Gasteiger partial charge in [0, 0.05) is 5.56 Å². The van der Waals surface area contributed by atoms with Gasteiger partial charge in [-0.15, -0.1) is 0 Å². The van der Waals surface area contributed by atoms with E-state index in [1.165, 1.54) is 38.9 Å². The fourth-order valence-corrected chi connectivity index (χ4v) is 3.62. The number of aliphatic hydroxyl groups excluding tert-OH is 1. The first-order valence-corrected chi connectivity index (χ1v) is 8.33. The molecule has 2 heteroatoms. The van der Waals surface area contributed by atoms with Crippen LogP contribution in [0.1, 0.15) is 16.7 Å². The Balaban J connectivity index is 1.93. The summed E-state index contributed by atoms with van der Waals surface area (Å²) in [7, 11) is 0. The summed E-state index contributed by atoms with van der Waals surface area (Å²) in [5, 5.41) is 9.12. The Kier molecular flexibility index (Phi) is 3.83. The van der Waals surface area contributed by atoms with Crippen LogP contribution in [0.3, 0.4) is 0 Å². The van der Waals surface area contributed by atoms with Crippen LogP contribution in [0.2, 0.25) is 0 Å². The largest absolute Gasteiger partial charge is 0.491 e. The van der Waals surface area contributed by atoms with Crippen molar-refractivity contribution in [2.45, 2.75) is 13.3 Å². The summed E-state index contributed by atoms with van der Waals surface area (Å²) in [6.45, 7) is 2.49. The van der Waals surface area contributed by atoms with E-state index in [0.717, 1.165) is 12.2 Å². The molecule has 0 aliphatic heterocycles. The third-order valence-corrected chi connectivity index (χ3v) is 4.71. The van der Waals surface area contributed by atoms with Gasteiger partial charge in [-0.05, 0) is 52.8 Å². The van der Waals surface area contributed by atoms with Crippen molar-refractivity contribution < 1.29 is 9.84 Å². The highest BCUT2D eigenvalue weighted by Gasteiger charge is 2.25. The van der Waals surface area contributed by atoms with E-state index in [1.807, 2.05) is 6.07 Å². The molecule has 0 aromatic heterocycles. The van der Waals surface area contributed by atoms with E-state index in [1.54, 1.807) is 0 Å². The molecule has 0 amide bonds. The summed E-state index contributed by atoms with van der Waals surface area (Å²) in [4.78, 5) is 0. The van der Waals surface area contributed by atoms with Gasteiger partial charge >= 0.3 is 0 Å². The van der Waals surface area contributed by atoms with Gasteiger partial charge in [-0.3, -0.25) is 0 Å². The second-order valence-corrected chi connectivity index (χ2v) is 6.19. The number of benzene rings is 3. The van der Waals surface area contributed by atoms with Crippen molar-refractivity contribution in [3.8, 4) is 28.0 Å². The van der Waals surface area contributed by atoms with E-state index in [0.29, 0.717) is 6.61 Å². The fourth-order valence-electron chi connectivity index (χ4n) is 3.62. The predicted octanol–water partition coefficient (Wildman–Crippen LogP) is 4.60. The van der Waals surface area contributed by atoms with Crippen LogP contribution in [0.15, 0.2) is 60.7 Å². The Morgan fingerprint density at radius 1 is 0.875 bits per heavy atom. The fraction of sp³-hybridized carbons (Fsp3) is 0.182. The zero-order valence-corrected chi connectivity index (χ0v) is 13.8. The molecule has 0 heterocycles. The smallest absolute Gasteiger partial charge is 0.127 e. The first kappa shape index (κ1) is 15.0. The van der Waals surface area contributed by atoms with Crippen LogP contribution in [0.4, 0.5) is 0 Å². The van der Waals surface area contributed by atoms with Crippen molar-refractivity contribution >= 4 is 0 Å². The molecule has 0 unspecified atom stereocenters. The minimum Gasteiger partial charge on any atom is -0.491 e. The molecule has 0 bridgehead atoms. The lowest BCUT2D eigenvalue weighted by Crippen LogP contribution is -2.03. The maximum Gasteiger partial charge on any atom is 0.127 e. The molecule has 3 aromatic carbocycles. The molecule has 0 radical (unpaired) electrons. The van der Waals surface area contributed by atoms with Crippen molar-refractivity contribution in [2.75, 3.05) is 13.2 Å². The predicted molar refractivity (Wildman–Crippen MR) is 97.4 cm³/mol. The van der Waals surface area contributed by atoms with Crippen LogP contribution in [0.5, 0.6) is 5.75 Å². The molecule has 1 aliphatic rings. The highest BCUT2D eigenvalue weighted by Crippen LogP contribution is 2.47. The molecule has 1 aliphatic carbocycles. The van der Waals surface area contributed by atoms with Gasteiger partial charge in [-0.1, -0.05) is 54.6 Å². The third-order valence-electron chi connectivity index (χ3n) is 4.71. The van der Waals surface area contributed by atoms with Crippen LogP contribution >= 0.6 is 0 Å². The summed E-state index contributed by atoms with van der Waals surface area (Å²) in [5.41, 5.74) is 8.91. The van der Waals surface area contributed by atoms with E-state index < -0.39 is 0 Å². The van der Waals surface area contributed by atoms with Crippen molar-refractivity contribution in [1.82, 2.24) is 0 Å². The number of ether oxygens (including phenoxy) is 1. The highest BCUT2D eigenvalue weighted by molar-refractivity contribution is 5.89. The van der Waals surface area contributed by atoms with Gasteiger partial charge in [0.2, 0.25) is 0 Å². The average molecular weight is 316 g/mol. The molecule has 1 N–H and O–H groups in total. The summed E-state index contributed by atoms with van der Waals surface area (Å²) in [5.74, 6) is 0.862. The molecule has 120 valence electrons. The number of aliphatic hydroxyl groups is 1. The van der Waals surface area contributed by atoms with Crippen molar-refractivity contribution in [2.24, 2.45) is 0 Å². The monoisotopic (exact) mass is 316 g/mol. The first-order chi connectivity index (χ1) is 11.8. The standard InChI is InChI=1S/C22H20O2/c1-15-6-2-4-8-17(15)19-10-11-21(24-13-12-23)22-18-9-5-3-7-16(18)14-20(19)22/h2-11,23H,12-14H2,1H3. The molecule has 0 fully saturated rings. The van der Waals surface area contributed by atoms with E-state index in [-0.39, 0.29) is 6.61 Å². The van der Waals surface area contributed by atoms with E-state index in [9.17, 15) is 0 Å². The van der Waals surface area contributed by atoms with Crippen molar-refractivity contribution in [3.05, 3.63) is 77.4 Å². The molecule has 0 saturated heterocycles. The summed E-state index contributed by atoms with van der Waals surface area (Å²) in [6.07, 6.45) is 0.922. The number of hydrogen-bond acceptors (Lipinski definition) is 2. The SMILES string of the molecule is Cc1ccccc1-c1ccc(OCCO)c2c1Cc1ccccc1-2. The molecule has 0 saturated carbocycles. The number of hydrogen-bond donors (Lipinski definition) is 1. The Hall–Kier alpha value is -2.58. The Labute approximate surface area is 142 Å². The topological polar surface area (TPSA) is 29.5 Å². The number of fused-ring (bicyclic) bond motifs is 3. The average Bonchev–Trinajstić information content (AvgIpc) is 3.00. The Bertz CT molecular complexity index is 896. The lowest BCUT2D eigenvalue weighted by molar-refractivity contribution is 0.202. The lowest BCUT2D eigenvalue weighted by atomic mass is 9.92. The van der Waals surface area contributed by atoms with Crippen LogP contribution in [-0.4, -0.2) is 18.3 Å². The van der Waals surface area contributed by atoms with Gasteiger partial charge in [0.25, 0.3) is 0 Å². The maximum absolute atomic E-state index is 9.12. The maximum atomic E-state index is 9.12. The molecular formula is C22H20O2. The summed E-state index contributed by atoms with van der Waals surface area (Å²) < 4.78 is 5.83. The molecule has 2 nitrogen and oxygen atoms in total. The molecule has 24 heavy (non-hydrogen) atoms. The zero-order valence-electron chi connectivity index (χ0n) is 13.8. The van der Waals surface area contributed by atoms with Crippen molar-refractivity contribution in [1.29, 1.82) is 0 Å². The number of aryl methyl sites for hydroxylation is 1. The van der Waals surface area contributed by atoms with Crippen LogP contribution in [-0.2, 0) is 6.42 Å². The zero-order chi connectivity index (χ0) is 16.5. The Morgan fingerprint density at radius 3 is 2.42 bits per heavy atom. The van der Waals surface area contributed by atoms with Gasteiger partial charge in [0.05, 0.1) is 6.61 Å². The molecular weight excluding hydrogens is 296 g/mol.